The molecule has 17 heavy (non-hydrogen) atoms. The van der Waals surface area contributed by atoms with Gasteiger partial charge in [0.1, 0.15) is 5.01 Å². The number of thiazole rings is 1. The van der Waals surface area contributed by atoms with Crippen LogP contribution in [0.4, 0.5) is 11.4 Å². The zero-order chi connectivity index (χ0) is 12.3. The van der Waals surface area contributed by atoms with Crippen LogP contribution in [0.2, 0.25) is 5.02 Å². The lowest BCUT2D eigenvalue weighted by molar-refractivity contribution is 1.09. The number of nitrogens with zero attached hydrogens (tertiary/aromatic N) is 1. The zero-order valence-electron chi connectivity index (χ0n) is 9.53. The van der Waals surface area contributed by atoms with Crippen LogP contribution < -0.4 is 11.1 Å². The quantitative estimate of drug-likeness (QED) is 0.833. The summed E-state index contributed by atoms with van der Waals surface area (Å²) in [6.45, 7) is 2.80. The van der Waals surface area contributed by atoms with E-state index in [-0.39, 0.29) is 0 Å². The van der Waals surface area contributed by atoms with Gasteiger partial charge >= 0.3 is 0 Å². The Kier molecular flexibility index (Phi) is 3.86. The van der Waals surface area contributed by atoms with Gasteiger partial charge in [-0.3, -0.25) is 0 Å². The Morgan fingerprint density at radius 1 is 1.47 bits per heavy atom. The summed E-state index contributed by atoms with van der Waals surface area (Å²) in [6.07, 6.45) is 2.94. The van der Waals surface area contributed by atoms with E-state index in [0.717, 1.165) is 17.1 Å². The summed E-state index contributed by atoms with van der Waals surface area (Å²) >= 11 is 7.66. The van der Waals surface area contributed by atoms with Crippen molar-refractivity contribution in [1.29, 1.82) is 0 Å². The van der Waals surface area contributed by atoms with E-state index in [0.29, 0.717) is 17.3 Å². The summed E-state index contributed by atoms with van der Waals surface area (Å²) in [5.41, 5.74) is 7.30. The molecule has 1 aromatic heterocycles. The number of para-hydroxylation sites is 1. The number of nitrogens with two attached hydrogens (primary N) is 1. The standard InChI is InChI=1S/C12H14ClN3S/c1-2-8-6-16-11(17-8)7-15-10-5-3-4-9(13)12(10)14/h3-6,15H,2,7,14H2,1H3. The molecule has 3 nitrogen and oxygen atoms in total. The van der Waals surface area contributed by atoms with E-state index in [1.807, 2.05) is 18.3 Å². The Labute approximate surface area is 110 Å². The number of nitrogens with one attached hydrogen (secondary N) is 1. The van der Waals surface area contributed by atoms with Gasteiger partial charge in [-0.2, -0.15) is 0 Å². The van der Waals surface area contributed by atoms with Gasteiger partial charge in [0, 0.05) is 11.1 Å². The number of hydrogen-bond acceptors (Lipinski definition) is 4. The highest BCUT2D eigenvalue weighted by Crippen LogP contribution is 2.27. The van der Waals surface area contributed by atoms with E-state index in [1.165, 1.54) is 4.88 Å². The fraction of sp³-hybridized carbons (Fsp3) is 0.250. The second kappa shape index (κ2) is 5.38. The smallest absolute Gasteiger partial charge is 0.112 e. The molecule has 90 valence electrons. The molecule has 0 fully saturated rings. The molecule has 1 heterocycles. The van der Waals surface area contributed by atoms with Crippen molar-refractivity contribution in [1.82, 2.24) is 4.98 Å². The van der Waals surface area contributed by atoms with Crippen molar-refractivity contribution >= 4 is 34.3 Å². The number of anilines is 2. The zero-order valence-corrected chi connectivity index (χ0v) is 11.1. The molecule has 2 rings (SSSR count). The molecule has 5 heteroatoms. The van der Waals surface area contributed by atoms with E-state index in [1.54, 1.807) is 17.4 Å². The van der Waals surface area contributed by atoms with E-state index >= 15 is 0 Å². The molecule has 3 N–H and O–H groups in total. The van der Waals surface area contributed by atoms with Crippen molar-refractivity contribution in [2.75, 3.05) is 11.1 Å². The van der Waals surface area contributed by atoms with Crippen LogP contribution in [-0.2, 0) is 13.0 Å². The molecule has 1 aromatic carbocycles. The van der Waals surface area contributed by atoms with Crippen molar-refractivity contribution in [3.05, 3.63) is 39.3 Å². The lowest BCUT2D eigenvalue weighted by Crippen LogP contribution is -2.02. The van der Waals surface area contributed by atoms with Crippen molar-refractivity contribution in [2.45, 2.75) is 19.9 Å². The van der Waals surface area contributed by atoms with E-state index in [4.69, 9.17) is 17.3 Å². The largest absolute Gasteiger partial charge is 0.396 e. The predicted molar refractivity (Wildman–Crippen MR) is 74.7 cm³/mol. The van der Waals surface area contributed by atoms with Gasteiger partial charge in [-0.05, 0) is 18.6 Å². The minimum absolute atomic E-state index is 0.573. The normalized spacial score (nSPS) is 10.5. The second-order valence-corrected chi connectivity index (χ2v) is 5.24. The third kappa shape index (κ3) is 2.90. The molecule has 0 bridgehead atoms. The highest BCUT2D eigenvalue weighted by Gasteiger charge is 2.04. The van der Waals surface area contributed by atoms with Crippen molar-refractivity contribution < 1.29 is 0 Å². The van der Waals surface area contributed by atoms with Gasteiger partial charge in [0.15, 0.2) is 0 Å². The van der Waals surface area contributed by atoms with Gasteiger partial charge in [-0.1, -0.05) is 24.6 Å². The van der Waals surface area contributed by atoms with Crippen LogP contribution in [0.3, 0.4) is 0 Å². The van der Waals surface area contributed by atoms with Crippen LogP contribution in [0, 0.1) is 0 Å². The summed E-state index contributed by atoms with van der Waals surface area (Å²) in [7, 11) is 0. The summed E-state index contributed by atoms with van der Waals surface area (Å²) in [6, 6.07) is 5.57. The molecule has 0 aliphatic heterocycles. The van der Waals surface area contributed by atoms with E-state index in [2.05, 4.69) is 17.2 Å². The maximum Gasteiger partial charge on any atom is 0.112 e. The topological polar surface area (TPSA) is 50.9 Å². The van der Waals surface area contributed by atoms with Gasteiger partial charge in [0.25, 0.3) is 0 Å². The minimum atomic E-state index is 0.573. The lowest BCUT2D eigenvalue weighted by atomic mass is 10.2. The minimum Gasteiger partial charge on any atom is -0.396 e. The summed E-state index contributed by atoms with van der Waals surface area (Å²) in [5.74, 6) is 0. The monoisotopic (exact) mass is 267 g/mol. The molecule has 0 atom stereocenters. The molecule has 0 unspecified atom stereocenters. The summed E-state index contributed by atoms with van der Waals surface area (Å²) in [5, 5.41) is 4.88. The van der Waals surface area contributed by atoms with Crippen LogP contribution in [0.15, 0.2) is 24.4 Å². The maximum absolute atomic E-state index is 5.94. The summed E-state index contributed by atoms with van der Waals surface area (Å²) < 4.78 is 0. The maximum atomic E-state index is 5.94. The molecule has 0 saturated carbocycles. The van der Waals surface area contributed by atoms with Crippen molar-refractivity contribution in [2.24, 2.45) is 0 Å². The first kappa shape index (κ1) is 12.2. The molecule has 0 spiro atoms. The van der Waals surface area contributed by atoms with Gasteiger partial charge in [0.05, 0.1) is 22.9 Å². The number of aryl methyl sites for hydroxylation is 1. The Morgan fingerprint density at radius 3 is 3.00 bits per heavy atom. The lowest BCUT2D eigenvalue weighted by Gasteiger charge is -2.08. The van der Waals surface area contributed by atoms with Crippen molar-refractivity contribution in [3.8, 4) is 0 Å². The highest BCUT2D eigenvalue weighted by atomic mass is 35.5. The van der Waals surface area contributed by atoms with Crippen LogP contribution in [-0.4, -0.2) is 4.98 Å². The van der Waals surface area contributed by atoms with Gasteiger partial charge in [-0.25, -0.2) is 4.98 Å². The number of benzene rings is 1. The Morgan fingerprint density at radius 2 is 2.29 bits per heavy atom. The third-order valence-corrected chi connectivity index (χ3v) is 3.90. The van der Waals surface area contributed by atoms with Crippen LogP contribution in [0.25, 0.3) is 0 Å². The highest BCUT2D eigenvalue weighted by molar-refractivity contribution is 7.11. The Balaban J connectivity index is 2.04. The first-order valence-corrected chi connectivity index (χ1v) is 6.61. The summed E-state index contributed by atoms with van der Waals surface area (Å²) in [4.78, 5) is 5.63. The molecule has 0 saturated heterocycles. The van der Waals surface area contributed by atoms with E-state index < -0.39 is 0 Å². The average molecular weight is 268 g/mol. The number of rotatable bonds is 4. The molecule has 0 aliphatic carbocycles. The predicted octanol–water partition coefficient (Wildman–Crippen LogP) is 3.55. The fourth-order valence-electron chi connectivity index (χ4n) is 1.46. The SMILES string of the molecule is CCc1cnc(CNc2cccc(Cl)c2N)s1. The molecule has 2 aromatic rings. The number of halogens is 1. The molecular formula is C12H14ClN3S. The average Bonchev–Trinajstić information content (AvgIpc) is 2.79. The molecular weight excluding hydrogens is 254 g/mol. The van der Waals surface area contributed by atoms with Crippen LogP contribution >= 0.6 is 22.9 Å². The number of aromatic nitrogens is 1. The number of hydrogen-bond donors (Lipinski definition) is 2. The van der Waals surface area contributed by atoms with Gasteiger partial charge in [-0.15, -0.1) is 11.3 Å². The van der Waals surface area contributed by atoms with Crippen LogP contribution in [0.1, 0.15) is 16.8 Å². The van der Waals surface area contributed by atoms with Crippen molar-refractivity contribution in [3.63, 3.8) is 0 Å². The molecule has 0 aliphatic rings. The second-order valence-electron chi connectivity index (χ2n) is 3.63. The Hall–Kier alpha value is -1.26. The fourth-order valence-corrected chi connectivity index (χ4v) is 2.43. The molecule has 0 amide bonds. The van der Waals surface area contributed by atoms with Gasteiger partial charge in [0.2, 0.25) is 0 Å². The Bertz CT molecular complexity index is 510. The molecule has 0 radical (unpaired) electrons. The first-order valence-electron chi connectivity index (χ1n) is 5.42. The van der Waals surface area contributed by atoms with E-state index in [9.17, 15) is 0 Å². The number of nitrogen functional groups attached to an aromatic ring is 1. The van der Waals surface area contributed by atoms with Crippen LogP contribution in [0.5, 0.6) is 0 Å². The third-order valence-electron chi connectivity index (χ3n) is 2.43. The first-order chi connectivity index (χ1) is 8.20. The van der Waals surface area contributed by atoms with Gasteiger partial charge < -0.3 is 11.1 Å².